The number of nitrogens with zero attached hydrogens (tertiary/aromatic N) is 1. The number of ether oxygens (including phenoxy) is 2. The fourth-order valence-electron chi connectivity index (χ4n) is 4.80. The second-order valence-corrected chi connectivity index (χ2v) is 9.58. The van der Waals surface area contributed by atoms with Crippen LogP contribution in [0.25, 0.3) is 22.2 Å². The molecular weight excluding hydrogens is 410 g/mol. The molecule has 4 heteroatoms. The number of carbonyl (C=O) groups is 1. The summed E-state index contributed by atoms with van der Waals surface area (Å²) in [5.41, 5.74) is 5.41. The predicted molar refractivity (Wildman–Crippen MR) is 135 cm³/mol. The van der Waals surface area contributed by atoms with Crippen LogP contribution in [-0.2, 0) is 16.0 Å². The summed E-state index contributed by atoms with van der Waals surface area (Å²) in [6.45, 7) is 14.1. The smallest absolute Gasteiger partial charge is 0.333 e. The number of esters is 1. The quantitative estimate of drug-likeness (QED) is 0.287. The van der Waals surface area contributed by atoms with E-state index in [0.29, 0.717) is 11.6 Å². The van der Waals surface area contributed by atoms with E-state index in [1.165, 1.54) is 27.7 Å². The highest BCUT2D eigenvalue weighted by Gasteiger charge is 2.37. The van der Waals surface area contributed by atoms with Crippen molar-refractivity contribution in [2.24, 2.45) is 5.92 Å². The lowest BCUT2D eigenvalue weighted by Crippen LogP contribution is -2.28. The van der Waals surface area contributed by atoms with Crippen molar-refractivity contribution < 1.29 is 14.3 Å². The number of aromatic nitrogens is 1. The van der Waals surface area contributed by atoms with E-state index in [2.05, 4.69) is 87.4 Å². The fraction of sp³-hybridized carbons (Fsp3) is 0.414. The number of aryl methyl sites for hydroxylation is 1. The van der Waals surface area contributed by atoms with E-state index in [1.54, 1.807) is 6.92 Å². The third kappa shape index (κ3) is 4.71. The molecule has 1 aliphatic carbocycles. The average molecular weight is 446 g/mol. The van der Waals surface area contributed by atoms with Crippen LogP contribution in [0.5, 0.6) is 5.75 Å². The summed E-state index contributed by atoms with van der Waals surface area (Å²) < 4.78 is 14.4. The van der Waals surface area contributed by atoms with Crippen LogP contribution in [0.1, 0.15) is 59.1 Å². The Bertz CT molecular complexity index is 1160. The molecule has 0 bridgehead atoms. The van der Waals surface area contributed by atoms with Crippen molar-refractivity contribution >= 4 is 16.9 Å². The Morgan fingerprint density at radius 2 is 1.79 bits per heavy atom. The molecule has 3 unspecified atom stereocenters. The molecule has 1 aliphatic rings. The van der Waals surface area contributed by atoms with Gasteiger partial charge in [0.05, 0.1) is 5.52 Å². The molecule has 0 saturated heterocycles. The van der Waals surface area contributed by atoms with E-state index < -0.39 is 0 Å². The van der Waals surface area contributed by atoms with Gasteiger partial charge in [-0.1, -0.05) is 44.7 Å². The minimum atomic E-state index is -0.317. The first-order valence-electron chi connectivity index (χ1n) is 12.1. The van der Waals surface area contributed by atoms with Gasteiger partial charge in [0.15, 0.2) is 0 Å². The van der Waals surface area contributed by atoms with Gasteiger partial charge in [-0.3, -0.25) is 0 Å². The maximum Gasteiger partial charge on any atom is 0.333 e. The van der Waals surface area contributed by atoms with Crippen LogP contribution in [0, 0.1) is 5.92 Å². The lowest BCUT2D eigenvalue weighted by Gasteiger charge is -2.22. The van der Waals surface area contributed by atoms with Gasteiger partial charge in [0.25, 0.3) is 0 Å². The minimum absolute atomic E-state index is 0.0221. The molecule has 33 heavy (non-hydrogen) atoms. The van der Waals surface area contributed by atoms with Crippen molar-refractivity contribution in [1.29, 1.82) is 0 Å². The van der Waals surface area contributed by atoms with Gasteiger partial charge in [0, 0.05) is 34.7 Å². The van der Waals surface area contributed by atoms with Gasteiger partial charge in [-0.2, -0.15) is 0 Å². The fourth-order valence-corrected chi connectivity index (χ4v) is 4.80. The maximum absolute atomic E-state index is 11.9. The Labute approximate surface area is 197 Å². The van der Waals surface area contributed by atoms with Crippen molar-refractivity contribution in [3.8, 4) is 17.0 Å². The third-order valence-corrected chi connectivity index (χ3v) is 6.79. The minimum Gasteiger partial charge on any atom is -0.490 e. The van der Waals surface area contributed by atoms with Crippen molar-refractivity contribution in [2.45, 2.75) is 72.1 Å². The molecule has 0 radical (unpaired) electrons. The maximum atomic E-state index is 11.9. The van der Waals surface area contributed by atoms with E-state index in [0.717, 1.165) is 25.0 Å². The molecule has 0 amide bonds. The number of rotatable bonds is 7. The summed E-state index contributed by atoms with van der Waals surface area (Å²) in [4.78, 5) is 11.9. The Morgan fingerprint density at radius 1 is 1.09 bits per heavy atom. The molecular formula is C29H35NO3. The van der Waals surface area contributed by atoms with Crippen LogP contribution >= 0.6 is 0 Å². The molecule has 0 spiro atoms. The van der Waals surface area contributed by atoms with E-state index >= 15 is 0 Å². The third-order valence-electron chi connectivity index (χ3n) is 6.79. The summed E-state index contributed by atoms with van der Waals surface area (Å²) in [5.74, 6) is 0.677. The molecule has 1 fully saturated rings. The molecule has 4 rings (SSSR count). The van der Waals surface area contributed by atoms with Crippen LogP contribution in [0.4, 0.5) is 0 Å². The van der Waals surface area contributed by atoms with Crippen molar-refractivity contribution in [2.75, 3.05) is 0 Å². The van der Waals surface area contributed by atoms with E-state index in [1.807, 2.05) is 0 Å². The summed E-state index contributed by atoms with van der Waals surface area (Å²) in [7, 11) is 0. The largest absolute Gasteiger partial charge is 0.490 e. The van der Waals surface area contributed by atoms with Gasteiger partial charge in [-0.05, 0) is 69.4 Å². The monoisotopic (exact) mass is 445 g/mol. The first kappa shape index (κ1) is 23.2. The predicted octanol–water partition coefficient (Wildman–Crippen LogP) is 7.12. The molecule has 1 heterocycles. The SMILES string of the molecule is C=C(C)C(=O)OC1CCC(Oc2ccc3cc(-c4ccc(CC)cc4)n(C(C)C)c3c2)C1C. The number of hydrogen-bond donors (Lipinski definition) is 0. The zero-order chi connectivity index (χ0) is 23.7. The molecule has 0 N–H and O–H groups in total. The number of carbonyl (C=O) groups excluding carboxylic acids is 1. The second kappa shape index (κ2) is 9.46. The molecule has 2 aromatic carbocycles. The van der Waals surface area contributed by atoms with Gasteiger partial charge in [-0.15, -0.1) is 0 Å². The lowest BCUT2D eigenvalue weighted by atomic mass is 10.1. The average Bonchev–Trinajstić information content (AvgIpc) is 3.34. The van der Waals surface area contributed by atoms with Gasteiger partial charge in [0.1, 0.15) is 18.0 Å². The standard InChI is InChI=1S/C29H35NO3/c1-7-21-8-10-22(11-9-21)25-16-23-12-13-24(17-26(23)30(25)19(4)5)32-27-14-15-28(20(27)6)33-29(31)18(2)3/h8-13,16-17,19-20,27-28H,2,7,14-15H2,1,3-6H3. The summed E-state index contributed by atoms with van der Waals surface area (Å²) in [6, 6.07) is 17.8. The number of hydrogen-bond acceptors (Lipinski definition) is 3. The molecule has 174 valence electrons. The van der Waals surface area contributed by atoms with Crippen LogP contribution in [0.2, 0.25) is 0 Å². The Balaban J connectivity index is 1.59. The highest BCUT2D eigenvalue weighted by molar-refractivity contribution is 5.88. The van der Waals surface area contributed by atoms with Crippen LogP contribution < -0.4 is 4.74 Å². The second-order valence-electron chi connectivity index (χ2n) is 9.58. The normalized spacial score (nSPS) is 20.4. The molecule has 0 aliphatic heterocycles. The highest BCUT2D eigenvalue weighted by atomic mass is 16.5. The lowest BCUT2D eigenvalue weighted by molar-refractivity contribution is -0.146. The van der Waals surface area contributed by atoms with Crippen LogP contribution in [0.15, 0.2) is 60.7 Å². The Hall–Kier alpha value is -3.01. The van der Waals surface area contributed by atoms with Crippen molar-refractivity contribution in [1.82, 2.24) is 4.57 Å². The molecule has 1 aromatic heterocycles. The summed E-state index contributed by atoms with van der Waals surface area (Å²) >= 11 is 0. The topological polar surface area (TPSA) is 40.5 Å². The van der Waals surface area contributed by atoms with Gasteiger partial charge >= 0.3 is 5.97 Å². The van der Waals surface area contributed by atoms with Crippen LogP contribution in [-0.4, -0.2) is 22.7 Å². The van der Waals surface area contributed by atoms with Gasteiger partial charge < -0.3 is 14.0 Å². The Kier molecular flexibility index (Phi) is 6.64. The zero-order valence-corrected chi connectivity index (χ0v) is 20.4. The number of fused-ring (bicyclic) bond motifs is 1. The van der Waals surface area contributed by atoms with Crippen molar-refractivity contribution in [3.05, 3.63) is 66.2 Å². The first-order chi connectivity index (χ1) is 15.8. The van der Waals surface area contributed by atoms with E-state index in [-0.39, 0.29) is 24.1 Å². The highest BCUT2D eigenvalue weighted by Crippen LogP contribution is 2.36. The summed E-state index contributed by atoms with van der Waals surface area (Å²) in [6.07, 6.45) is 2.62. The molecule has 1 saturated carbocycles. The Morgan fingerprint density at radius 3 is 2.42 bits per heavy atom. The van der Waals surface area contributed by atoms with Crippen LogP contribution in [0.3, 0.4) is 0 Å². The molecule has 4 nitrogen and oxygen atoms in total. The molecule has 3 aromatic rings. The van der Waals surface area contributed by atoms with E-state index in [9.17, 15) is 4.79 Å². The van der Waals surface area contributed by atoms with Gasteiger partial charge in [0.2, 0.25) is 0 Å². The van der Waals surface area contributed by atoms with E-state index in [4.69, 9.17) is 9.47 Å². The summed E-state index contributed by atoms with van der Waals surface area (Å²) in [5, 5.41) is 1.21. The van der Waals surface area contributed by atoms with Gasteiger partial charge in [-0.25, -0.2) is 4.79 Å². The number of benzene rings is 2. The first-order valence-corrected chi connectivity index (χ1v) is 12.1. The van der Waals surface area contributed by atoms with Crippen molar-refractivity contribution in [3.63, 3.8) is 0 Å². The molecule has 3 atom stereocenters. The zero-order valence-electron chi connectivity index (χ0n) is 20.4.